The third-order valence-electron chi connectivity index (χ3n) is 2.90. The first-order valence-corrected chi connectivity index (χ1v) is 5.18. The number of para-hydroxylation sites is 1. The van der Waals surface area contributed by atoms with E-state index in [4.69, 9.17) is 10.9 Å². The summed E-state index contributed by atoms with van der Waals surface area (Å²) in [5.41, 5.74) is 7.91. The van der Waals surface area contributed by atoms with Crippen LogP contribution in [0.3, 0.4) is 0 Å². The molecule has 0 saturated carbocycles. The minimum absolute atomic E-state index is 0.149. The van der Waals surface area contributed by atoms with Crippen LogP contribution in [-0.2, 0) is 0 Å². The van der Waals surface area contributed by atoms with Gasteiger partial charge in [-0.25, -0.2) is 0 Å². The second kappa shape index (κ2) is 3.89. The van der Waals surface area contributed by atoms with Crippen molar-refractivity contribution < 1.29 is 5.21 Å². The summed E-state index contributed by atoms with van der Waals surface area (Å²) in [7, 11) is 0. The maximum Gasteiger partial charge on any atom is 0.161 e. The van der Waals surface area contributed by atoms with Gasteiger partial charge in [0.15, 0.2) is 5.84 Å². The van der Waals surface area contributed by atoms with E-state index < -0.39 is 0 Å². The highest BCUT2D eigenvalue weighted by atomic mass is 16.4. The molecule has 1 heterocycles. The lowest BCUT2D eigenvalue weighted by molar-refractivity contribution is 0.314. The van der Waals surface area contributed by atoms with E-state index in [1.54, 1.807) is 0 Å². The molecule has 0 aliphatic heterocycles. The zero-order valence-electron chi connectivity index (χ0n) is 9.38. The van der Waals surface area contributed by atoms with Gasteiger partial charge >= 0.3 is 0 Å². The third kappa shape index (κ3) is 1.52. The average molecular weight is 217 g/mol. The minimum atomic E-state index is -0.149. The Labute approximate surface area is 94.0 Å². The van der Waals surface area contributed by atoms with Gasteiger partial charge in [0, 0.05) is 17.1 Å². The third-order valence-corrected chi connectivity index (χ3v) is 2.90. The van der Waals surface area contributed by atoms with E-state index in [-0.39, 0.29) is 11.9 Å². The van der Waals surface area contributed by atoms with E-state index in [2.05, 4.69) is 18.1 Å². The lowest BCUT2D eigenvalue weighted by atomic mass is 10.2. The number of nitrogens with two attached hydrogens (primary N) is 1. The molecule has 0 bridgehead atoms. The van der Waals surface area contributed by atoms with Crippen LogP contribution in [0.25, 0.3) is 10.9 Å². The van der Waals surface area contributed by atoms with E-state index in [0.29, 0.717) is 0 Å². The largest absolute Gasteiger partial charge is 0.409 e. The zero-order valence-corrected chi connectivity index (χ0v) is 9.38. The Morgan fingerprint density at radius 1 is 1.44 bits per heavy atom. The van der Waals surface area contributed by atoms with Crippen LogP contribution in [0, 0.1) is 6.92 Å². The first-order chi connectivity index (χ1) is 7.65. The summed E-state index contributed by atoms with van der Waals surface area (Å²) >= 11 is 0. The van der Waals surface area contributed by atoms with Gasteiger partial charge < -0.3 is 15.5 Å². The molecule has 0 spiro atoms. The number of aryl methyl sites for hydroxylation is 1. The van der Waals surface area contributed by atoms with Crippen molar-refractivity contribution in [1.29, 1.82) is 0 Å². The van der Waals surface area contributed by atoms with Crippen LogP contribution in [0.4, 0.5) is 0 Å². The van der Waals surface area contributed by atoms with E-state index in [1.807, 2.05) is 35.9 Å². The maximum absolute atomic E-state index is 8.70. The van der Waals surface area contributed by atoms with Crippen LogP contribution in [0.1, 0.15) is 18.5 Å². The Morgan fingerprint density at radius 3 is 2.81 bits per heavy atom. The van der Waals surface area contributed by atoms with Gasteiger partial charge in [0.05, 0.1) is 6.04 Å². The summed E-state index contributed by atoms with van der Waals surface area (Å²) in [6, 6.07) is 7.94. The monoisotopic (exact) mass is 217 g/mol. The van der Waals surface area contributed by atoms with Crippen molar-refractivity contribution in [2.24, 2.45) is 10.9 Å². The standard InChI is InChI=1S/C12H15N3O/c1-8-7-15(9(2)12(13)14-16)11-6-4-3-5-10(8)11/h3-7,9,16H,1-2H3,(H2,13,14). The molecule has 84 valence electrons. The van der Waals surface area contributed by atoms with Crippen LogP contribution in [0.15, 0.2) is 35.6 Å². The molecule has 1 unspecified atom stereocenters. The van der Waals surface area contributed by atoms with Crippen molar-refractivity contribution >= 4 is 16.7 Å². The highest BCUT2D eigenvalue weighted by molar-refractivity contribution is 5.88. The number of benzene rings is 1. The lowest BCUT2D eigenvalue weighted by Crippen LogP contribution is -2.23. The number of amidine groups is 1. The maximum atomic E-state index is 8.70. The summed E-state index contributed by atoms with van der Waals surface area (Å²) in [6.45, 7) is 3.96. The van der Waals surface area contributed by atoms with Gasteiger partial charge in [-0.15, -0.1) is 0 Å². The Balaban J connectivity index is 2.61. The van der Waals surface area contributed by atoms with Crippen molar-refractivity contribution in [2.75, 3.05) is 0 Å². The van der Waals surface area contributed by atoms with E-state index in [1.165, 1.54) is 10.9 Å². The van der Waals surface area contributed by atoms with Crippen molar-refractivity contribution in [3.63, 3.8) is 0 Å². The first kappa shape index (κ1) is 10.5. The second-order valence-electron chi connectivity index (χ2n) is 3.94. The molecule has 0 amide bonds. The fourth-order valence-corrected chi connectivity index (χ4v) is 1.93. The van der Waals surface area contributed by atoms with Crippen LogP contribution in [-0.4, -0.2) is 15.6 Å². The average Bonchev–Trinajstić information content (AvgIpc) is 2.65. The summed E-state index contributed by atoms with van der Waals surface area (Å²) in [4.78, 5) is 0. The number of hydrogen-bond acceptors (Lipinski definition) is 2. The van der Waals surface area contributed by atoms with Crippen LogP contribution < -0.4 is 5.73 Å². The fourth-order valence-electron chi connectivity index (χ4n) is 1.93. The molecule has 4 nitrogen and oxygen atoms in total. The normalized spacial score (nSPS) is 14.2. The second-order valence-corrected chi connectivity index (χ2v) is 3.94. The predicted molar refractivity (Wildman–Crippen MR) is 64.8 cm³/mol. The molecule has 1 aromatic carbocycles. The first-order valence-electron chi connectivity index (χ1n) is 5.18. The highest BCUT2D eigenvalue weighted by Gasteiger charge is 2.13. The number of oxime groups is 1. The van der Waals surface area contributed by atoms with Crippen molar-refractivity contribution in [1.82, 2.24) is 4.57 Å². The Morgan fingerprint density at radius 2 is 2.12 bits per heavy atom. The molecule has 2 rings (SSSR count). The van der Waals surface area contributed by atoms with Gasteiger partial charge in [0.25, 0.3) is 0 Å². The van der Waals surface area contributed by atoms with Crippen LogP contribution in [0.5, 0.6) is 0 Å². The predicted octanol–water partition coefficient (Wildman–Crippen LogP) is 2.26. The van der Waals surface area contributed by atoms with Gasteiger partial charge in [-0.2, -0.15) is 0 Å². The van der Waals surface area contributed by atoms with Gasteiger partial charge in [0.2, 0.25) is 0 Å². The molecule has 0 radical (unpaired) electrons. The Kier molecular flexibility index (Phi) is 2.56. The summed E-state index contributed by atoms with van der Waals surface area (Å²) in [5, 5.41) is 12.9. The summed E-state index contributed by atoms with van der Waals surface area (Å²) in [6.07, 6.45) is 2.02. The topological polar surface area (TPSA) is 63.5 Å². The molecular weight excluding hydrogens is 202 g/mol. The molecule has 1 atom stereocenters. The molecule has 0 saturated heterocycles. The molecule has 0 aliphatic rings. The lowest BCUT2D eigenvalue weighted by Gasteiger charge is -2.13. The van der Waals surface area contributed by atoms with E-state index in [9.17, 15) is 0 Å². The number of aromatic nitrogens is 1. The van der Waals surface area contributed by atoms with Crippen LogP contribution >= 0.6 is 0 Å². The quantitative estimate of drug-likeness (QED) is 0.351. The number of fused-ring (bicyclic) bond motifs is 1. The molecule has 1 aromatic heterocycles. The fraction of sp³-hybridized carbons (Fsp3) is 0.250. The minimum Gasteiger partial charge on any atom is -0.409 e. The number of rotatable bonds is 2. The number of hydrogen-bond donors (Lipinski definition) is 2. The SMILES string of the molecule is Cc1cn(C(C)/C(N)=N/O)c2ccccc12. The zero-order chi connectivity index (χ0) is 11.7. The summed E-state index contributed by atoms with van der Waals surface area (Å²) in [5.74, 6) is 0.209. The summed E-state index contributed by atoms with van der Waals surface area (Å²) < 4.78 is 2.01. The van der Waals surface area contributed by atoms with E-state index in [0.717, 1.165) is 5.52 Å². The van der Waals surface area contributed by atoms with Crippen molar-refractivity contribution in [2.45, 2.75) is 19.9 Å². The Bertz CT molecular complexity index is 542. The van der Waals surface area contributed by atoms with E-state index >= 15 is 0 Å². The molecule has 16 heavy (non-hydrogen) atoms. The Hall–Kier alpha value is -1.97. The molecule has 0 aliphatic carbocycles. The molecule has 0 fully saturated rings. The van der Waals surface area contributed by atoms with Gasteiger partial charge in [-0.05, 0) is 25.5 Å². The van der Waals surface area contributed by atoms with Gasteiger partial charge in [-0.3, -0.25) is 0 Å². The number of nitrogens with zero attached hydrogens (tertiary/aromatic N) is 2. The van der Waals surface area contributed by atoms with Crippen molar-refractivity contribution in [3.05, 3.63) is 36.0 Å². The van der Waals surface area contributed by atoms with Crippen molar-refractivity contribution in [3.8, 4) is 0 Å². The smallest absolute Gasteiger partial charge is 0.161 e. The molecule has 3 N–H and O–H groups in total. The molecule has 4 heteroatoms. The molecular formula is C12H15N3O. The van der Waals surface area contributed by atoms with Crippen LogP contribution in [0.2, 0.25) is 0 Å². The molecule has 2 aromatic rings. The van der Waals surface area contributed by atoms with Gasteiger partial charge in [-0.1, -0.05) is 23.4 Å². The van der Waals surface area contributed by atoms with Gasteiger partial charge in [0.1, 0.15) is 0 Å². The highest BCUT2D eigenvalue weighted by Crippen LogP contribution is 2.23.